The summed E-state index contributed by atoms with van der Waals surface area (Å²) in [5.74, 6) is -1.58. The molecule has 1 aliphatic carbocycles. The molecular formula is C17H26N2O5. The second-order valence-corrected chi connectivity index (χ2v) is 5.69. The minimum Gasteiger partial charge on any atom is -0.370 e. The van der Waals surface area contributed by atoms with Crippen molar-refractivity contribution in [3.8, 4) is 0 Å². The summed E-state index contributed by atoms with van der Waals surface area (Å²) in [6.45, 7) is 3.24. The monoisotopic (exact) mass is 338 g/mol. The van der Waals surface area contributed by atoms with Crippen molar-refractivity contribution < 1.29 is 23.9 Å². The molecule has 0 fully saturated rings. The van der Waals surface area contributed by atoms with Crippen molar-refractivity contribution in [3.05, 3.63) is 12.2 Å². The Kier molecular flexibility index (Phi) is 9.60. The fraction of sp³-hybridized carbons (Fsp3) is 0.647. The number of nitrogens with one attached hydrogen (secondary N) is 2. The minimum absolute atomic E-state index is 0.0290. The average molecular weight is 338 g/mol. The number of hydrogen-bond acceptors (Lipinski definition) is 5. The summed E-state index contributed by atoms with van der Waals surface area (Å²) in [7, 11) is 0. The van der Waals surface area contributed by atoms with Crippen molar-refractivity contribution in [2.75, 3.05) is 26.3 Å². The van der Waals surface area contributed by atoms with Crippen LogP contribution in [0.5, 0.6) is 0 Å². The molecule has 0 aromatic heterocycles. The second kappa shape index (κ2) is 11.5. The number of unbranched alkanes of at least 4 members (excludes halogenated alkanes) is 2. The van der Waals surface area contributed by atoms with E-state index in [4.69, 9.17) is 4.74 Å². The zero-order valence-corrected chi connectivity index (χ0v) is 14.1. The Labute approximate surface area is 142 Å². The van der Waals surface area contributed by atoms with Crippen LogP contribution in [0.15, 0.2) is 12.2 Å². The molecule has 24 heavy (non-hydrogen) atoms. The van der Waals surface area contributed by atoms with Crippen molar-refractivity contribution in [1.82, 2.24) is 10.6 Å². The molecular weight excluding hydrogens is 312 g/mol. The molecule has 2 amide bonds. The van der Waals surface area contributed by atoms with Crippen LogP contribution >= 0.6 is 0 Å². The number of carbonyl (C=O) groups is 4. The van der Waals surface area contributed by atoms with E-state index in [9.17, 15) is 19.2 Å². The number of ketones is 2. The van der Waals surface area contributed by atoms with Crippen molar-refractivity contribution in [1.29, 1.82) is 0 Å². The van der Waals surface area contributed by atoms with Gasteiger partial charge in [0, 0.05) is 19.5 Å². The molecule has 0 radical (unpaired) electrons. The highest BCUT2D eigenvalue weighted by atomic mass is 16.5. The standard InChI is InChI=1S/C17H26N2O5/c1-2-3-4-9-18-17(23)12-24-11-10-19-16(22)8-5-13-14(20)6-7-15(13)21/h6-7,13H,2-5,8-12H2,1H3,(H,18,23)(H,19,22). The Morgan fingerprint density at radius 2 is 1.71 bits per heavy atom. The van der Waals surface area contributed by atoms with Crippen molar-refractivity contribution in [2.45, 2.75) is 39.0 Å². The maximum absolute atomic E-state index is 11.6. The quantitative estimate of drug-likeness (QED) is 0.399. The number of ether oxygens (including phenoxy) is 1. The Morgan fingerprint density at radius 3 is 2.38 bits per heavy atom. The van der Waals surface area contributed by atoms with Gasteiger partial charge >= 0.3 is 0 Å². The highest BCUT2D eigenvalue weighted by Crippen LogP contribution is 2.16. The van der Waals surface area contributed by atoms with Crippen LogP contribution in [0.25, 0.3) is 0 Å². The molecule has 0 bridgehead atoms. The molecule has 7 heteroatoms. The maximum Gasteiger partial charge on any atom is 0.245 e. The van der Waals surface area contributed by atoms with E-state index >= 15 is 0 Å². The van der Waals surface area contributed by atoms with Gasteiger partial charge in [-0.25, -0.2) is 0 Å². The summed E-state index contributed by atoms with van der Waals surface area (Å²) < 4.78 is 5.17. The van der Waals surface area contributed by atoms with Crippen LogP contribution in [0, 0.1) is 5.92 Å². The van der Waals surface area contributed by atoms with E-state index in [0.717, 1.165) is 19.3 Å². The van der Waals surface area contributed by atoms with Gasteiger partial charge in [0.25, 0.3) is 0 Å². The summed E-state index contributed by atoms with van der Waals surface area (Å²) >= 11 is 0. The third-order valence-corrected chi connectivity index (χ3v) is 3.66. The first kappa shape index (κ1) is 20.0. The minimum atomic E-state index is -0.705. The molecule has 0 heterocycles. The summed E-state index contributed by atoms with van der Waals surface area (Å²) in [6, 6.07) is 0. The van der Waals surface area contributed by atoms with Crippen LogP contribution in [0.3, 0.4) is 0 Å². The lowest BCUT2D eigenvalue weighted by Gasteiger charge is -2.09. The van der Waals surface area contributed by atoms with Crippen LogP contribution in [-0.2, 0) is 23.9 Å². The predicted octanol–water partition coefficient (Wildman–Crippen LogP) is 0.530. The van der Waals surface area contributed by atoms with E-state index < -0.39 is 5.92 Å². The number of hydrogen-bond donors (Lipinski definition) is 2. The number of allylic oxidation sites excluding steroid dienone is 2. The molecule has 0 aliphatic heterocycles. The molecule has 2 N–H and O–H groups in total. The van der Waals surface area contributed by atoms with Crippen LogP contribution < -0.4 is 10.6 Å². The first-order chi connectivity index (χ1) is 11.5. The van der Waals surface area contributed by atoms with Gasteiger partial charge in [0.15, 0.2) is 11.6 Å². The van der Waals surface area contributed by atoms with E-state index in [1.165, 1.54) is 12.2 Å². The van der Waals surface area contributed by atoms with Crippen LogP contribution in [0.1, 0.15) is 39.0 Å². The largest absolute Gasteiger partial charge is 0.370 e. The zero-order valence-electron chi connectivity index (χ0n) is 14.1. The average Bonchev–Trinajstić information content (AvgIpc) is 2.87. The molecule has 7 nitrogen and oxygen atoms in total. The van der Waals surface area contributed by atoms with Crippen molar-refractivity contribution in [2.24, 2.45) is 5.92 Å². The van der Waals surface area contributed by atoms with Gasteiger partial charge < -0.3 is 15.4 Å². The molecule has 134 valence electrons. The fourth-order valence-electron chi connectivity index (χ4n) is 2.27. The molecule has 0 aromatic rings. The smallest absolute Gasteiger partial charge is 0.245 e. The van der Waals surface area contributed by atoms with Gasteiger partial charge in [-0.2, -0.15) is 0 Å². The topological polar surface area (TPSA) is 102 Å². The summed E-state index contributed by atoms with van der Waals surface area (Å²) in [5.41, 5.74) is 0. The second-order valence-electron chi connectivity index (χ2n) is 5.69. The van der Waals surface area contributed by atoms with Gasteiger partial charge in [-0.3, -0.25) is 19.2 Å². The molecule has 0 aromatic carbocycles. The van der Waals surface area contributed by atoms with Gasteiger partial charge in [-0.05, 0) is 25.0 Å². The Morgan fingerprint density at radius 1 is 1.04 bits per heavy atom. The molecule has 1 aliphatic rings. The van der Waals surface area contributed by atoms with E-state index in [-0.39, 0.29) is 56.0 Å². The zero-order chi connectivity index (χ0) is 17.8. The van der Waals surface area contributed by atoms with Gasteiger partial charge in [0.2, 0.25) is 11.8 Å². The first-order valence-electron chi connectivity index (χ1n) is 8.41. The third kappa shape index (κ3) is 8.01. The van der Waals surface area contributed by atoms with E-state index in [1.807, 2.05) is 0 Å². The maximum atomic E-state index is 11.6. The molecule has 0 spiro atoms. The highest BCUT2D eigenvalue weighted by Gasteiger charge is 2.28. The lowest BCUT2D eigenvalue weighted by Crippen LogP contribution is -2.31. The number of amides is 2. The normalized spacial score (nSPS) is 14.2. The SMILES string of the molecule is CCCCCNC(=O)COCCNC(=O)CCC1C(=O)C=CC1=O. The Balaban J connectivity index is 1.99. The third-order valence-electron chi connectivity index (χ3n) is 3.66. The fourth-order valence-corrected chi connectivity index (χ4v) is 2.27. The van der Waals surface area contributed by atoms with Gasteiger partial charge in [0.1, 0.15) is 6.61 Å². The molecule has 0 saturated carbocycles. The van der Waals surface area contributed by atoms with Crippen molar-refractivity contribution >= 4 is 23.4 Å². The lowest BCUT2D eigenvalue weighted by molar-refractivity contribution is -0.127. The Bertz CT molecular complexity index is 469. The van der Waals surface area contributed by atoms with E-state index in [2.05, 4.69) is 17.6 Å². The van der Waals surface area contributed by atoms with E-state index in [1.54, 1.807) is 0 Å². The van der Waals surface area contributed by atoms with Gasteiger partial charge in [-0.1, -0.05) is 19.8 Å². The number of rotatable bonds is 12. The summed E-state index contributed by atoms with van der Waals surface area (Å²) in [5, 5.41) is 5.39. The van der Waals surface area contributed by atoms with Crippen LogP contribution in [0.4, 0.5) is 0 Å². The van der Waals surface area contributed by atoms with Crippen LogP contribution in [0.2, 0.25) is 0 Å². The lowest BCUT2D eigenvalue weighted by atomic mass is 9.99. The highest BCUT2D eigenvalue weighted by molar-refractivity contribution is 6.18. The number of carbonyl (C=O) groups excluding carboxylic acids is 4. The van der Waals surface area contributed by atoms with Gasteiger partial charge in [0.05, 0.1) is 12.5 Å². The predicted molar refractivity (Wildman–Crippen MR) is 88.2 cm³/mol. The molecule has 0 saturated heterocycles. The first-order valence-corrected chi connectivity index (χ1v) is 8.41. The van der Waals surface area contributed by atoms with Crippen molar-refractivity contribution in [3.63, 3.8) is 0 Å². The van der Waals surface area contributed by atoms with Gasteiger partial charge in [-0.15, -0.1) is 0 Å². The van der Waals surface area contributed by atoms with Crippen LogP contribution in [-0.4, -0.2) is 49.7 Å². The molecule has 1 rings (SSSR count). The Hall–Kier alpha value is -2.02. The summed E-state index contributed by atoms with van der Waals surface area (Å²) in [4.78, 5) is 45.8. The summed E-state index contributed by atoms with van der Waals surface area (Å²) in [6.07, 6.45) is 5.99. The molecule has 0 atom stereocenters. The van der Waals surface area contributed by atoms with E-state index in [0.29, 0.717) is 6.54 Å². The molecule has 0 unspecified atom stereocenters.